The van der Waals surface area contributed by atoms with Crippen molar-refractivity contribution in [1.29, 1.82) is 0 Å². The van der Waals surface area contributed by atoms with E-state index in [0.717, 1.165) is 22.3 Å². The van der Waals surface area contributed by atoms with E-state index in [1.165, 1.54) is 7.11 Å². The van der Waals surface area contributed by atoms with Crippen molar-refractivity contribution in [3.63, 3.8) is 0 Å². The molecule has 0 radical (unpaired) electrons. The number of rotatable bonds is 17. The van der Waals surface area contributed by atoms with Gasteiger partial charge in [0.05, 0.1) is 40.1 Å². The standard InChI is InChI=1S/C40H44O8/c1-3-24-40(37(41)39(42)43-2)38(47-28-33-22-14-7-15-23-33)36(46-27-32-20-12-6-13-21-32)35(45-26-31-18-10-5-11-19-31)34(48-40)29-44-25-30-16-8-4-9-17-30/h3-23,34-38,41H,1,24-29H2,2H3/t34?,35-,36+,37+,38?,40+/m0/s1. The van der Waals surface area contributed by atoms with E-state index in [1.807, 2.05) is 121 Å². The first kappa shape index (κ1) is 35.2. The van der Waals surface area contributed by atoms with Crippen molar-refractivity contribution >= 4 is 5.97 Å². The Labute approximate surface area is 282 Å². The molecule has 1 saturated heterocycles. The van der Waals surface area contributed by atoms with Gasteiger partial charge in [-0.15, -0.1) is 6.58 Å². The van der Waals surface area contributed by atoms with E-state index in [4.69, 9.17) is 28.4 Å². The van der Waals surface area contributed by atoms with Crippen LogP contribution < -0.4 is 0 Å². The Morgan fingerprint density at radius 2 is 1.17 bits per heavy atom. The summed E-state index contributed by atoms with van der Waals surface area (Å²) in [6.45, 7) is 5.00. The monoisotopic (exact) mass is 652 g/mol. The SMILES string of the molecule is C=CC[C@]1([C@H](O)C(=O)OC)OC(COCc2ccccc2)[C@H](OCc2ccccc2)[C@@H](OCc2ccccc2)C1OCc1ccccc1. The third-order valence-corrected chi connectivity index (χ3v) is 8.43. The summed E-state index contributed by atoms with van der Waals surface area (Å²) < 4.78 is 38.2. The van der Waals surface area contributed by atoms with Gasteiger partial charge in [-0.25, -0.2) is 4.79 Å². The van der Waals surface area contributed by atoms with Crippen molar-refractivity contribution in [3.05, 3.63) is 156 Å². The lowest BCUT2D eigenvalue weighted by Gasteiger charge is -2.53. The second kappa shape index (κ2) is 17.8. The number of methoxy groups -OCH3 is 1. The number of hydrogen-bond donors (Lipinski definition) is 1. The van der Waals surface area contributed by atoms with Crippen LogP contribution in [0, 0.1) is 0 Å². The highest BCUT2D eigenvalue weighted by Crippen LogP contribution is 2.42. The van der Waals surface area contributed by atoms with Crippen LogP contribution in [-0.4, -0.2) is 60.9 Å². The molecule has 1 fully saturated rings. The van der Waals surface area contributed by atoms with Crippen LogP contribution in [0.25, 0.3) is 0 Å². The molecule has 0 aliphatic carbocycles. The Bertz CT molecular complexity index is 1520. The van der Waals surface area contributed by atoms with Crippen LogP contribution in [-0.2, 0) is 59.6 Å². The number of carbonyl (C=O) groups excluding carboxylic acids is 1. The molecule has 4 aromatic rings. The van der Waals surface area contributed by atoms with Crippen LogP contribution in [0.15, 0.2) is 134 Å². The van der Waals surface area contributed by atoms with Gasteiger partial charge in [-0.1, -0.05) is 127 Å². The molecule has 1 N–H and O–H groups in total. The van der Waals surface area contributed by atoms with E-state index in [1.54, 1.807) is 6.08 Å². The highest BCUT2D eigenvalue weighted by molar-refractivity contribution is 5.76. The third kappa shape index (κ3) is 9.05. The quantitative estimate of drug-likeness (QED) is 0.106. The van der Waals surface area contributed by atoms with Gasteiger partial charge in [-0.05, 0) is 28.7 Å². The Hall–Kier alpha value is -4.15. The third-order valence-electron chi connectivity index (χ3n) is 8.43. The van der Waals surface area contributed by atoms with Crippen molar-refractivity contribution in [2.75, 3.05) is 13.7 Å². The number of esters is 1. The fourth-order valence-corrected chi connectivity index (χ4v) is 6.02. The first-order valence-electron chi connectivity index (χ1n) is 16.2. The zero-order valence-electron chi connectivity index (χ0n) is 27.3. The molecule has 0 bridgehead atoms. The Morgan fingerprint density at radius 1 is 0.729 bits per heavy atom. The van der Waals surface area contributed by atoms with Crippen LogP contribution in [0.2, 0.25) is 0 Å². The van der Waals surface area contributed by atoms with Crippen LogP contribution in [0.5, 0.6) is 0 Å². The van der Waals surface area contributed by atoms with Crippen LogP contribution in [0.4, 0.5) is 0 Å². The maximum atomic E-state index is 13.1. The second-order valence-corrected chi connectivity index (χ2v) is 11.8. The normalized spacial score (nSPS) is 22.9. The molecule has 1 aliphatic rings. The van der Waals surface area contributed by atoms with Gasteiger partial charge in [-0.2, -0.15) is 0 Å². The van der Waals surface area contributed by atoms with Gasteiger partial charge in [0, 0.05) is 0 Å². The highest BCUT2D eigenvalue weighted by atomic mass is 16.6. The molecule has 252 valence electrons. The van der Waals surface area contributed by atoms with E-state index in [-0.39, 0.29) is 32.8 Å². The topological polar surface area (TPSA) is 92.7 Å². The van der Waals surface area contributed by atoms with Crippen LogP contribution in [0.3, 0.4) is 0 Å². The molecule has 48 heavy (non-hydrogen) atoms. The summed E-state index contributed by atoms with van der Waals surface area (Å²) in [6, 6.07) is 39.1. The number of hydrogen-bond acceptors (Lipinski definition) is 8. The van der Waals surface area contributed by atoms with E-state index >= 15 is 0 Å². The Balaban J connectivity index is 1.56. The predicted octanol–water partition coefficient (Wildman–Crippen LogP) is 6.21. The average Bonchev–Trinajstić information content (AvgIpc) is 3.14. The molecule has 1 heterocycles. The van der Waals surface area contributed by atoms with E-state index in [0.29, 0.717) is 6.61 Å². The van der Waals surface area contributed by atoms with Crippen molar-refractivity contribution in [2.45, 2.75) is 69.0 Å². The number of aliphatic hydroxyl groups excluding tert-OH is 1. The molecule has 0 aromatic heterocycles. The summed E-state index contributed by atoms with van der Waals surface area (Å²) in [7, 11) is 1.23. The summed E-state index contributed by atoms with van der Waals surface area (Å²) in [4.78, 5) is 13.1. The zero-order valence-corrected chi connectivity index (χ0v) is 27.3. The maximum Gasteiger partial charge on any atom is 0.337 e. The number of carbonyl (C=O) groups is 1. The van der Waals surface area contributed by atoms with Gasteiger partial charge in [0.25, 0.3) is 0 Å². The fourth-order valence-electron chi connectivity index (χ4n) is 6.02. The van der Waals surface area contributed by atoms with Crippen LogP contribution >= 0.6 is 0 Å². The summed E-state index contributed by atoms with van der Waals surface area (Å²) in [5.74, 6) is -0.862. The minimum absolute atomic E-state index is 0.0501. The van der Waals surface area contributed by atoms with Crippen molar-refractivity contribution < 1.29 is 38.3 Å². The molecule has 4 aromatic carbocycles. The average molecular weight is 653 g/mol. The molecule has 0 spiro atoms. The largest absolute Gasteiger partial charge is 0.467 e. The smallest absolute Gasteiger partial charge is 0.337 e. The lowest BCUT2D eigenvalue weighted by Crippen LogP contribution is -2.71. The number of ether oxygens (including phenoxy) is 6. The van der Waals surface area contributed by atoms with Gasteiger partial charge in [0.1, 0.15) is 30.0 Å². The molecule has 2 unspecified atom stereocenters. The Morgan fingerprint density at radius 3 is 1.62 bits per heavy atom. The van der Waals surface area contributed by atoms with E-state index in [9.17, 15) is 9.90 Å². The molecule has 6 atom stereocenters. The minimum atomic E-state index is -1.74. The molecular weight excluding hydrogens is 608 g/mol. The van der Waals surface area contributed by atoms with Gasteiger partial charge >= 0.3 is 5.97 Å². The lowest BCUT2D eigenvalue weighted by atomic mass is 9.78. The van der Waals surface area contributed by atoms with Gasteiger partial charge in [-0.3, -0.25) is 0 Å². The van der Waals surface area contributed by atoms with Crippen molar-refractivity contribution in [1.82, 2.24) is 0 Å². The molecule has 8 heteroatoms. The molecular formula is C40H44O8. The van der Waals surface area contributed by atoms with Gasteiger partial charge in [0.2, 0.25) is 0 Å². The number of aliphatic hydroxyl groups is 1. The van der Waals surface area contributed by atoms with E-state index < -0.39 is 42.1 Å². The maximum absolute atomic E-state index is 13.1. The van der Waals surface area contributed by atoms with Gasteiger partial charge in [0.15, 0.2) is 6.10 Å². The number of benzene rings is 4. The summed E-state index contributed by atoms with van der Waals surface area (Å²) in [6.07, 6.45) is -3.42. The molecule has 8 nitrogen and oxygen atoms in total. The first-order chi connectivity index (χ1) is 23.5. The van der Waals surface area contributed by atoms with Crippen molar-refractivity contribution in [3.8, 4) is 0 Å². The van der Waals surface area contributed by atoms with E-state index in [2.05, 4.69) is 6.58 Å². The summed E-state index contributed by atoms with van der Waals surface area (Å²) >= 11 is 0. The predicted molar refractivity (Wildman–Crippen MR) is 182 cm³/mol. The zero-order chi connectivity index (χ0) is 33.6. The summed E-state index contributed by atoms with van der Waals surface area (Å²) in [5, 5.41) is 11.7. The van der Waals surface area contributed by atoms with Crippen LogP contribution in [0.1, 0.15) is 28.7 Å². The molecule has 0 amide bonds. The minimum Gasteiger partial charge on any atom is -0.467 e. The lowest BCUT2D eigenvalue weighted by molar-refractivity contribution is -0.324. The molecule has 5 rings (SSSR count). The molecule has 0 saturated carbocycles. The first-order valence-corrected chi connectivity index (χ1v) is 16.2. The second-order valence-electron chi connectivity index (χ2n) is 11.8. The fraction of sp³-hybridized carbons (Fsp3) is 0.325. The summed E-state index contributed by atoms with van der Waals surface area (Å²) in [5.41, 5.74) is 2.13. The Kier molecular flexibility index (Phi) is 13.1. The van der Waals surface area contributed by atoms with Crippen molar-refractivity contribution in [2.24, 2.45) is 0 Å². The highest BCUT2D eigenvalue weighted by Gasteiger charge is 2.61. The molecule has 1 aliphatic heterocycles. The van der Waals surface area contributed by atoms with Gasteiger partial charge < -0.3 is 33.5 Å².